The Morgan fingerprint density at radius 3 is 2.25 bits per heavy atom. The molecule has 1 N–H and O–H groups in total. The molecule has 2 aliphatic heterocycles. The molecule has 2 heterocycles. The van der Waals surface area contributed by atoms with Gasteiger partial charge in [-0.3, -0.25) is 4.79 Å². The monoisotopic (exact) mass is 434 g/mol. The fourth-order valence-electron chi connectivity index (χ4n) is 5.35. The van der Waals surface area contributed by atoms with Gasteiger partial charge in [-0.25, -0.2) is 0 Å². The minimum atomic E-state index is -3.42. The van der Waals surface area contributed by atoms with E-state index in [2.05, 4.69) is 5.32 Å². The van der Waals surface area contributed by atoms with Crippen LogP contribution in [0.2, 0.25) is 0 Å². The Morgan fingerprint density at radius 1 is 1.04 bits per heavy atom. The highest BCUT2D eigenvalue weighted by molar-refractivity contribution is 7.86. The van der Waals surface area contributed by atoms with Crippen molar-refractivity contribution in [3.8, 4) is 0 Å². The molecular weight excluding hydrogens is 400 g/mol. The number of halogens is 1. The molecule has 1 spiro atoms. The third kappa shape index (κ3) is 4.21. The molecule has 1 amide bonds. The van der Waals surface area contributed by atoms with Crippen molar-refractivity contribution in [1.82, 2.24) is 18.8 Å². The van der Waals surface area contributed by atoms with E-state index in [4.69, 9.17) is 0 Å². The average Bonchev–Trinajstić information content (AvgIpc) is 3.40. The Balaban J connectivity index is 0.00000225. The van der Waals surface area contributed by atoms with Gasteiger partial charge in [0.1, 0.15) is 0 Å². The lowest BCUT2D eigenvalue weighted by Gasteiger charge is -2.39. The normalized spacial score (nSPS) is 28.9. The summed E-state index contributed by atoms with van der Waals surface area (Å²) < 4.78 is 29.2. The predicted molar refractivity (Wildman–Crippen MR) is 112 cm³/mol. The Labute approximate surface area is 175 Å². The van der Waals surface area contributed by atoms with E-state index in [1.165, 1.54) is 6.42 Å². The number of rotatable bonds is 4. The van der Waals surface area contributed by atoms with Crippen LogP contribution in [0.1, 0.15) is 51.4 Å². The molecule has 4 fully saturated rings. The molecule has 0 aromatic rings. The third-order valence-electron chi connectivity index (χ3n) is 7.42. The van der Waals surface area contributed by atoms with Gasteiger partial charge in [-0.2, -0.15) is 17.0 Å². The van der Waals surface area contributed by atoms with Crippen LogP contribution in [0.15, 0.2) is 0 Å². The molecule has 1 unspecified atom stereocenters. The number of carbonyl (C=O) groups is 1. The van der Waals surface area contributed by atoms with Crippen molar-refractivity contribution >= 4 is 28.5 Å². The first-order valence-corrected chi connectivity index (χ1v) is 12.1. The molecule has 2 saturated carbocycles. The molecule has 2 aliphatic carbocycles. The first-order valence-electron chi connectivity index (χ1n) is 10.7. The lowest BCUT2D eigenvalue weighted by atomic mass is 9.91. The van der Waals surface area contributed by atoms with Crippen LogP contribution in [-0.4, -0.2) is 80.2 Å². The van der Waals surface area contributed by atoms with E-state index in [0.717, 1.165) is 58.0 Å². The van der Waals surface area contributed by atoms with Crippen LogP contribution in [0.5, 0.6) is 0 Å². The van der Waals surface area contributed by atoms with Gasteiger partial charge in [0.25, 0.3) is 10.2 Å². The fourth-order valence-corrected chi connectivity index (χ4v) is 6.93. The van der Waals surface area contributed by atoms with Crippen LogP contribution < -0.4 is 5.32 Å². The minimum Gasteiger partial charge on any atom is -0.340 e. The number of hydrogen-bond acceptors (Lipinski definition) is 4. The highest BCUT2D eigenvalue weighted by atomic mass is 35.5. The van der Waals surface area contributed by atoms with Crippen molar-refractivity contribution < 1.29 is 13.2 Å². The standard InChI is InChI=1S/C19H34N4O3S.ClH/c1-21(16-5-3-2-4-6-16)27(25,26)23-13-11-22(12-14-23)18(24)17-15-19(17)7-9-20-10-8-19;/h16-17,20H,2-15H2,1H3;1H. The van der Waals surface area contributed by atoms with Crippen LogP contribution in [0.3, 0.4) is 0 Å². The number of amides is 1. The zero-order valence-corrected chi connectivity index (χ0v) is 18.6. The summed E-state index contributed by atoms with van der Waals surface area (Å²) in [6.07, 6.45) is 8.60. The number of hydrogen-bond donors (Lipinski definition) is 1. The Morgan fingerprint density at radius 2 is 1.64 bits per heavy atom. The molecule has 0 aromatic heterocycles. The second kappa shape index (κ2) is 8.76. The zero-order chi connectivity index (χ0) is 19.1. The molecule has 28 heavy (non-hydrogen) atoms. The van der Waals surface area contributed by atoms with E-state index in [1.54, 1.807) is 15.7 Å². The maximum atomic E-state index is 13.0. The SMILES string of the molecule is CN(C1CCCCC1)S(=O)(=O)N1CCN(C(=O)C2CC23CCNCC3)CC1.Cl. The van der Waals surface area contributed by atoms with Gasteiger partial charge in [-0.1, -0.05) is 19.3 Å². The van der Waals surface area contributed by atoms with Crippen LogP contribution in [0.25, 0.3) is 0 Å². The van der Waals surface area contributed by atoms with Crippen molar-refractivity contribution in [3.05, 3.63) is 0 Å². The minimum absolute atomic E-state index is 0. The van der Waals surface area contributed by atoms with Crippen LogP contribution >= 0.6 is 12.4 Å². The highest BCUT2D eigenvalue weighted by Crippen LogP contribution is 2.59. The van der Waals surface area contributed by atoms with E-state index in [-0.39, 0.29) is 35.7 Å². The van der Waals surface area contributed by atoms with Crippen molar-refractivity contribution in [2.24, 2.45) is 11.3 Å². The first kappa shape index (κ1) is 22.3. The van der Waals surface area contributed by atoms with Gasteiger partial charge < -0.3 is 10.2 Å². The molecular formula is C19H35ClN4O3S. The van der Waals surface area contributed by atoms with Gasteiger partial charge >= 0.3 is 0 Å². The quantitative estimate of drug-likeness (QED) is 0.726. The number of nitrogens with one attached hydrogen (secondary N) is 1. The summed E-state index contributed by atoms with van der Waals surface area (Å²) in [4.78, 5) is 14.8. The van der Waals surface area contributed by atoms with Gasteiger partial charge in [0.05, 0.1) is 0 Å². The van der Waals surface area contributed by atoms with Crippen LogP contribution in [0, 0.1) is 11.3 Å². The highest BCUT2D eigenvalue weighted by Gasteiger charge is 2.58. The van der Waals surface area contributed by atoms with Gasteiger partial charge in [0, 0.05) is 45.2 Å². The molecule has 1 atom stereocenters. The van der Waals surface area contributed by atoms with Gasteiger partial charge in [0.2, 0.25) is 5.91 Å². The number of nitrogens with zero attached hydrogens (tertiary/aromatic N) is 3. The molecule has 4 rings (SSSR count). The molecule has 0 aromatic carbocycles. The van der Waals surface area contributed by atoms with Gasteiger partial charge in [-0.05, 0) is 50.6 Å². The number of piperidine rings is 1. The molecule has 162 valence electrons. The largest absolute Gasteiger partial charge is 0.340 e. The second-order valence-electron chi connectivity index (χ2n) is 8.91. The summed E-state index contributed by atoms with van der Waals surface area (Å²) in [6, 6.07) is 0.134. The van der Waals surface area contributed by atoms with Gasteiger partial charge in [0.15, 0.2) is 0 Å². The van der Waals surface area contributed by atoms with Crippen molar-refractivity contribution in [3.63, 3.8) is 0 Å². The predicted octanol–water partition coefficient (Wildman–Crippen LogP) is 1.45. The van der Waals surface area contributed by atoms with E-state index >= 15 is 0 Å². The first-order chi connectivity index (χ1) is 12.9. The summed E-state index contributed by atoms with van der Waals surface area (Å²) in [7, 11) is -1.69. The third-order valence-corrected chi connectivity index (χ3v) is 9.46. The summed E-state index contributed by atoms with van der Waals surface area (Å²) in [6.45, 7) is 3.94. The van der Waals surface area contributed by atoms with Gasteiger partial charge in [-0.15, -0.1) is 12.4 Å². The number of carbonyl (C=O) groups excluding carboxylic acids is 1. The summed E-state index contributed by atoms with van der Waals surface area (Å²) in [5.41, 5.74) is 0.243. The molecule has 7 nitrogen and oxygen atoms in total. The van der Waals surface area contributed by atoms with Crippen molar-refractivity contribution in [2.75, 3.05) is 46.3 Å². The smallest absolute Gasteiger partial charge is 0.282 e. The molecule has 4 aliphatic rings. The van der Waals surface area contributed by atoms with E-state index in [0.29, 0.717) is 26.2 Å². The summed E-state index contributed by atoms with van der Waals surface area (Å²) in [5, 5.41) is 3.38. The van der Waals surface area contributed by atoms with E-state index in [1.807, 2.05) is 4.90 Å². The van der Waals surface area contributed by atoms with Crippen LogP contribution in [-0.2, 0) is 15.0 Å². The average molecular weight is 435 g/mol. The Kier molecular flexibility index (Phi) is 6.97. The lowest BCUT2D eigenvalue weighted by molar-refractivity contribution is -0.134. The second-order valence-corrected chi connectivity index (χ2v) is 10.9. The molecule has 0 bridgehead atoms. The zero-order valence-electron chi connectivity index (χ0n) is 16.9. The molecule has 0 radical (unpaired) electrons. The maximum Gasteiger partial charge on any atom is 0.282 e. The Hall–Kier alpha value is -0.410. The van der Waals surface area contributed by atoms with E-state index in [9.17, 15) is 13.2 Å². The molecule has 9 heteroatoms. The van der Waals surface area contributed by atoms with Crippen LogP contribution in [0.4, 0.5) is 0 Å². The molecule has 2 saturated heterocycles. The number of piperazine rings is 1. The van der Waals surface area contributed by atoms with E-state index < -0.39 is 10.2 Å². The summed E-state index contributed by atoms with van der Waals surface area (Å²) >= 11 is 0. The summed E-state index contributed by atoms with van der Waals surface area (Å²) in [5.74, 6) is 0.433. The Bertz CT molecular complexity index is 654. The van der Waals surface area contributed by atoms with Crippen molar-refractivity contribution in [2.45, 2.75) is 57.4 Å². The van der Waals surface area contributed by atoms with Crippen molar-refractivity contribution in [1.29, 1.82) is 0 Å². The fraction of sp³-hybridized carbons (Fsp3) is 0.947. The lowest BCUT2D eigenvalue weighted by Crippen LogP contribution is -2.55. The maximum absolute atomic E-state index is 13.0. The topological polar surface area (TPSA) is 73.0 Å².